The molecule has 15 heteroatoms. The Labute approximate surface area is 223 Å². The molecular weight excluding hydrogens is 535 g/mol. The average Bonchev–Trinajstić information content (AvgIpc) is 3.57. The summed E-state index contributed by atoms with van der Waals surface area (Å²) in [7, 11) is 0. The van der Waals surface area contributed by atoms with E-state index in [0.29, 0.717) is 30.8 Å². The molecule has 3 aromatic rings. The number of fused-ring (bicyclic) bond motifs is 5. The van der Waals surface area contributed by atoms with Crippen LogP contribution in [0.3, 0.4) is 0 Å². The van der Waals surface area contributed by atoms with E-state index in [4.69, 9.17) is 4.84 Å². The van der Waals surface area contributed by atoms with Gasteiger partial charge in [0.25, 0.3) is 11.8 Å². The lowest BCUT2D eigenvalue weighted by molar-refractivity contribution is -0.0655. The van der Waals surface area contributed by atoms with Crippen LogP contribution in [0.4, 0.5) is 13.2 Å². The van der Waals surface area contributed by atoms with E-state index < -0.39 is 69.8 Å². The van der Waals surface area contributed by atoms with Crippen LogP contribution in [0.25, 0.3) is 0 Å². The summed E-state index contributed by atoms with van der Waals surface area (Å²) >= 11 is 0. The second-order valence-corrected chi connectivity index (χ2v) is 10.0. The zero-order valence-electron chi connectivity index (χ0n) is 21.0. The number of nitrogens with zero attached hydrogens (tertiary/aromatic N) is 6. The highest BCUT2D eigenvalue weighted by Gasteiger charge is 2.54. The van der Waals surface area contributed by atoms with Crippen LogP contribution in [0.1, 0.15) is 58.6 Å². The maximum atomic E-state index is 14.1. The minimum atomic E-state index is -1.22. The SMILES string of the molecule is C[C@H]1CC[C@]2(CC(n3nccn3)=NO2)[C@H]2CN1C(=O)c1c(O)c(=O)c(C(=O)NCc3c(F)cc(F)cc3F)cn12. The quantitative estimate of drug-likeness (QED) is 0.499. The maximum absolute atomic E-state index is 14.1. The number of amides is 2. The molecule has 12 nitrogen and oxygen atoms in total. The molecular formula is C25H22F3N7O5. The highest BCUT2D eigenvalue weighted by atomic mass is 19.1. The van der Waals surface area contributed by atoms with E-state index in [1.54, 1.807) is 4.90 Å². The van der Waals surface area contributed by atoms with Crippen molar-refractivity contribution in [2.45, 2.75) is 50.4 Å². The number of carbonyl (C=O) groups is 2. The summed E-state index contributed by atoms with van der Waals surface area (Å²) in [5.74, 6) is -5.74. The summed E-state index contributed by atoms with van der Waals surface area (Å²) in [5.41, 5.74) is -3.65. The molecule has 3 aliphatic heterocycles. The lowest BCUT2D eigenvalue weighted by atomic mass is 9.85. The van der Waals surface area contributed by atoms with Gasteiger partial charge in [0.15, 0.2) is 22.9 Å². The molecule has 1 saturated heterocycles. The predicted octanol–water partition coefficient (Wildman–Crippen LogP) is 1.69. The van der Waals surface area contributed by atoms with E-state index in [1.807, 2.05) is 6.92 Å². The number of hydrogen-bond donors (Lipinski definition) is 2. The van der Waals surface area contributed by atoms with Crippen LogP contribution in [-0.4, -0.2) is 65.4 Å². The lowest BCUT2D eigenvalue weighted by Gasteiger charge is -2.41. The van der Waals surface area contributed by atoms with Crippen LogP contribution in [0, 0.1) is 17.5 Å². The van der Waals surface area contributed by atoms with Gasteiger partial charge in [-0.3, -0.25) is 14.4 Å². The Morgan fingerprint density at radius 3 is 2.60 bits per heavy atom. The van der Waals surface area contributed by atoms with Crippen molar-refractivity contribution in [2.75, 3.05) is 6.54 Å². The lowest BCUT2D eigenvalue weighted by Crippen LogP contribution is -2.52. The van der Waals surface area contributed by atoms with E-state index in [-0.39, 0.29) is 24.7 Å². The zero-order chi connectivity index (χ0) is 28.3. The molecule has 2 amide bonds. The fraction of sp³-hybridized carbons (Fsp3) is 0.360. The number of benzene rings is 1. The number of oxime groups is 1. The van der Waals surface area contributed by atoms with Crippen molar-refractivity contribution in [2.24, 2.45) is 5.16 Å². The fourth-order valence-electron chi connectivity index (χ4n) is 5.56. The molecule has 1 aromatic carbocycles. The number of nitrogens with one attached hydrogen (secondary N) is 1. The van der Waals surface area contributed by atoms with Crippen LogP contribution in [0.2, 0.25) is 0 Å². The number of halogens is 3. The fourth-order valence-corrected chi connectivity index (χ4v) is 5.56. The third-order valence-electron chi connectivity index (χ3n) is 7.72. The highest BCUT2D eigenvalue weighted by Crippen LogP contribution is 2.46. The summed E-state index contributed by atoms with van der Waals surface area (Å²) in [6.07, 6.45) is 5.30. The maximum Gasteiger partial charge on any atom is 0.274 e. The molecule has 0 aliphatic carbocycles. The monoisotopic (exact) mass is 557 g/mol. The van der Waals surface area contributed by atoms with Gasteiger partial charge in [-0.05, 0) is 19.8 Å². The van der Waals surface area contributed by atoms with Crippen LogP contribution in [0.15, 0.2) is 40.7 Å². The van der Waals surface area contributed by atoms with Crippen LogP contribution >= 0.6 is 0 Å². The zero-order valence-corrected chi connectivity index (χ0v) is 21.0. The Bertz CT molecular complexity index is 1620. The van der Waals surface area contributed by atoms with E-state index in [0.717, 1.165) is 6.20 Å². The Hall–Kier alpha value is -4.69. The molecule has 6 rings (SSSR count). The summed E-state index contributed by atoms with van der Waals surface area (Å²) < 4.78 is 42.7. The first-order valence-corrected chi connectivity index (χ1v) is 12.4. The minimum Gasteiger partial charge on any atom is -0.503 e. The van der Waals surface area contributed by atoms with E-state index in [1.165, 1.54) is 21.8 Å². The van der Waals surface area contributed by atoms with Crippen molar-refractivity contribution in [3.05, 3.63) is 75.2 Å². The van der Waals surface area contributed by atoms with Crippen molar-refractivity contribution >= 4 is 17.6 Å². The number of rotatable bonds is 3. The van der Waals surface area contributed by atoms with Gasteiger partial charge < -0.3 is 24.7 Å². The van der Waals surface area contributed by atoms with Crippen molar-refractivity contribution in [1.29, 1.82) is 0 Å². The van der Waals surface area contributed by atoms with Gasteiger partial charge in [0.2, 0.25) is 5.43 Å². The van der Waals surface area contributed by atoms with Gasteiger partial charge in [-0.25, -0.2) is 13.2 Å². The number of carbonyl (C=O) groups excluding carboxylic acids is 2. The second-order valence-electron chi connectivity index (χ2n) is 10.0. The van der Waals surface area contributed by atoms with Gasteiger partial charge in [-0.15, -0.1) is 4.80 Å². The van der Waals surface area contributed by atoms with Gasteiger partial charge in [-0.2, -0.15) is 10.2 Å². The Morgan fingerprint density at radius 2 is 1.90 bits per heavy atom. The third-order valence-corrected chi connectivity index (χ3v) is 7.72. The van der Waals surface area contributed by atoms with Crippen molar-refractivity contribution in [3.8, 4) is 5.75 Å². The molecule has 2 bridgehead atoms. The molecule has 40 heavy (non-hydrogen) atoms. The van der Waals surface area contributed by atoms with Crippen molar-refractivity contribution in [1.82, 2.24) is 29.8 Å². The Kier molecular flexibility index (Phi) is 5.89. The van der Waals surface area contributed by atoms with E-state index in [9.17, 15) is 32.7 Å². The molecule has 5 heterocycles. The van der Waals surface area contributed by atoms with Crippen molar-refractivity contribution < 1.29 is 32.7 Å². The van der Waals surface area contributed by atoms with Crippen LogP contribution in [0.5, 0.6) is 5.75 Å². The summed E-state index contributed by atoms with van der Waals surface area (Å²) in [5, 5.41) is 25.5. The number of pyridine rings is 1. The molecule has 2 aromatic heterocycles. The highest BCUT2D eigenvalue weighted by molar-refractivity contribution is 5.99. The molecule has 1 spiro atoms. The molecule has 0 saturated carbocycles. The predicted molar refractivity (Wildman–Crippen MR) is 130 cm³/mol. The minimum absolute atomic E-state index is 0.137. The average molecular weight is 557 g/mol. The Balaban J connectivity index is 1.39. The van der Waals surface area contributed by atoms with Gasteiger partial charge in [0, 0.05) is 43.0 Å². The summed E-state index contributed by atoms with van der Waals surface area (Å²) in [6.45, 7) is 1.28. The smallest absolute Gasteiger partial charge is 0.274 e. The largest absolute Gasteiger partial charge is 0.503 e. The molecule has 3 atom stereocenters. The first-order valence-electron chi connectivity index (χ1n) is 12.4. The molecule has 2 N–H and O–H groups in total. The standard InChI is InChI=1S/C25H22F3N7O5/c1-12-2-3-25(8-19(32-40-25)35-30-4-5-31-35)18-11-33(12)24(39)20-22(37)21(36)15(10-34(18)20)23(38)29-9-14-16(27)6-13(26)7-17(14)28/h4-7,10,12,18,37H,2-3,8-9,11H2,1H3,(H,29,38)/t12-,18+,25-/m0/s1. The normalized spacial score (nSPS) is 23.4. The van der Waals surface area contributed by atoms with Gasteiger partial charge in [-0.1, -0.05) is 5.16 Å². The van der Waals surface area contributed by atoms with E-state index in [2.05, 4.69) is 20.7 Å². The summed E-state index contributed by atoms with van der Waals surface area (Å²) in [4.78, 5) is 48.4. The van der Waals surface area contributed by atoms with Crippen molar-refractivity contribution in [3.63, 3.8) is 0 Å². The number of aromatic nitrogens is 4. The second kappa shape index (κ2) is 9.20. The molecule has 3 aliphatic rings. The van der Waals surface area contributed by atoms with Gasteiger partial charge >= 0.3 is 0 Å². The first-order chi connectivity index (χ1) is 19.1. The molecule has 0 unspecified atom stereocenters. The third kappa shape index (κ3) is 3.91. The molecule has 208 valence electrons. The molecule has 1 fully saturated rings. The summed E-state index contributed by atoms with van der Waals surface area (Å²) in [6, 6.07) is -0.0151. The number of hydrogen-bond acceptors (Lipinski definition) is 8. The van der Waals surface area contributed by atoms with Gasteiger partial charge in [0.05, 0.1) is 24.9 Å². The van der Waals surface area contributed by atoms with E-state index >= 15 is 0 Å². The van der Waals surface area contributed by atoms with Crippen LogP contribution in [-0.2, 0) is 11.4 Å². The topological polar surface area (TPSA) is 144 Å². The molecule has 0 radical (unpaired) electrons. The Morgan fingerprint density at radius 1 is 1.20 bits per heavy atom. The number of aromatic hydroxyl groups is 1. The first kappa shape index (κ1) is 25.6. The van der Waals surface area contributed by atoms with Crippen LogP contribution < -0.4 is 10.7 Å². The van der Waals surface area contributed by atoms with Gasteiger partial charge in [0.1, 0.15) is 23.0 Å².